The Morgan fingerprint density at radius 1 is 1.45 bits per heavy atom. The lowest BCUT2D eigenvalue weighted by molar-refractivity contribution is 0.400. The molecular formula is C11H21IN4O3S. The molecule has 20 heavy (non-hydrogen) atoms. The van der Waals surface area contributed by atoms with E-state index in [1.807, 2.05) is 24.1 Å². The Bertz CT molecular complexity index is 502. The molecule has 7 nitrogen and oxygen atoms in total. The second-order valence-corrected chi connectivity index (χ2v) is 5.91. The van der Waals surface area contributed by atoms with Gasteiger partial charge in [-0.15, -0.1) is 24.0 Å². The van der Waals surface area contributed by atoms with Crippen molar-refractivity contribution >= 4 is 40.0 Å². The fourth-order valence-corrected chi connectivity index (χ4v) is 1.98. The number of hydrogen-bond donors (Lipinski definition) is 2. The summed E-state index contributed by atoms with van der Waals surface area (Å²) < 4.78 is 29.5. The van der Waals surface area contributed by atoms with Gasteiger partial charge in [0.1, 0.15) is 5.76 Å². The van der Waals surface area contributed by atoms with Crippen molar-refractivity contribution in [2.45, 2.75) is 6.54 Å². The summed E-state index contributed by atoms with van der Waals surface area (Å²) in [7, 11) is 0.400. The highest BCUT2D eigenvalue weighted by Crippen LogP contribution is 2.03. The average molecular weight is 416 g/mol. The van der Waals surface area contributed by atoms with Gasteiger partial charge in [0.15, 0.2) is 5.96 Å². The molecule has 0 spiro atoms. The summed E-state index contributed by atoms with van der Waals surface area (Å²) in [4.78, 5) is 6.00. The second kappa shape index (κ2) is 9.19. The van der Waals surface area contributed by atoms with Crippen LogP contribution in [-0.2, 0) is 16.6 Å². The molecule has 1 heterocycles. The Kier molecular flexibility index (Phi) is 8.81. The van der Waals surface area contributed by atoms with Gasteiger partial charge in [0.2, 0.25) is 10.0 Å². The molecule has 0 aliphatic heterocycles. The van der Waals surface area contributed by atoms with Crippen LogP contribution in [0.5, 0.6) is 0 Å². The number of sulfonamides is 1. The van der Waals surface area contributed by atoms with Crippen LogP contribution >= 0.6 is 24.0 Å². The first-order valence-corrected chi connectivity index (χ1v) is 7.70. The van der Waals surface area contributed by atoms with Crippen molar-refractivity contribution in [2.24, 2.45) is 4.99 Å². The largest absolute Gasteiger partial charge is 0.467 e. The topological polar surface area (TPSA) is 86.9 Å². The van der Waals surface area contributed by atoms with Crippen LogP contribution in [0.3, 0.4) is 0 Å². The Balaban J connectivity index is 0.00000361. The maximum Gasteiger partial charge on any atom is 0.208 e. The average Bonchev–Trinajstić information content (AvgIpc) is 2.80. The Labute approximate surface area is 136 Å². The molecule has 0 atom stereocenters. The van der Waals surface area contributed by atoms with E-state index in [1.54, 1.807) is 13.3 Å². The molecule has 1 aromatic rings. The van der Waals surface area contributed by atoms with E-state index in [0.29, 0.717) is 25.6 Å². The van der Waals surface area contributed by atoms with Crippen molar-refractivity contribution in [1.82, 2.24) is 14.9 Å². The van der Waals surface area contributed by atoms with Crippen LogP contribution < -0.4 is 10.0 Å². The monoisotopic (exact) mass is 416 g/mol. The lowest BCUT2D eigenvalue weighted by Gasteiger charge is -2.20. The van der Waals surface area contributed by atoms with Gasteiger partial charge in [0.05, 0.1) is 19.1 Å². The van der Waals surface area contributed by atoms with E-state index in [1.165, 1.54) is 0 Å². The first kappa shape index (κ1) is 19.2. The predicted octanol–water partition coefficient (Wildman–Crippen LogP) is 0.454. The second-order valence-electron chi connectivity index (χ2n) is 4.08. The highest BCUT2D eigenvalue weighted by Gasteiger charge is 2.08. The van der Waals surface area contributed by atoms with Crippen molar-refractivity contribution in [3.63, 3.8) is 0 Å². The molecule has 1 rings (SSSR count). The molecule has 0 fully saturated rings. The van der Waals surface area contributed by atoms with Gasteiger partial charge in [-0.3, -0.25) is 4.99 Å². The third-order valence-corrected chi connectivity index (χ3v) is 3.05. The van der Waals surface area contributed by atoms with Crippen molar-refractivity contribution in [3.8, 4) is 0 Å². The molecule has 116 valence electrons. The van der Waals surface area contributed by atoms with Crippen LogP contribution in [0.4, 0.5) is 0 Å². The van der Waals surface area contributed by atoms with Gasteiger partial charge in [-0.25, -0.2) is 13.1 Å². The van der Waals surface area contributed by atoms with Crippen molar-refractivity contribution in [2.75, 3.05) is 33.4 Å². The summed E-state index contributed by atoms with van der Waals surface area (Å²) in [5.41, 5.74) is 0. The van der Waals surface area contributed by atoms with Crippen molar-refractivity contribution in [3.05, 3.63) is 24.2 Å². The summed E-state index contributed by atoms with van der Waals surface area (Å²) in [6, 6.07) is 3.71. The van der Waals surface area contributed by atoms with E-state index >= 15 is 0 Å². The van der Waals surface area contributed by atoms with E-state index in [-0.39, 0.29) is 24.0 Å². The smallest absolute Gasteiger partial charge is 0.208 e. The Morgan fingerprint density at radius 2 is 2.15 bits per heavy atom. The number of nitrogens with zero attached hydrogens (tertiary/aromatic N) is 2. The van der Waals surface area contributed by atoms with Crippen LogP contribution in [0.15, 0.2) is 27.8 Å². The number of furan rings is 1. The normalized spacial score (nSPS) is 11.8. The molecule has 0 aliphatic rings. The van der Waals surface area contributed by atoms with E-state index in [9.17, 15) is 8.42 Å². The highest BCUT2D eigenvalue weighted by molar-refractivity contribution is 14.0. The zero-order valence-electron chi connectivity index (χ0n) is 11.8. The molecular weight excluding hydrogens is 395 g/mol. The number of guanidine groups is 1. The zero-order valence-corrected chi connectivity index (χ0v) is 14.9. The Morgan fingerprint density at radius 3 is 2.65 bits per heavy atom. The first-order chi connectivity index (χ1) is 8.92. The van der Waals surface area contributed by atoms with E-state index in [0.717, 1.165) is 12.0 Å². The maximum atomic E-state index is 10.9. The molecule has 0 saturated carbocycles. The molecule has 0 radical (unpaired) electrons. The van der Waals surface area contributed by atoms with Crippen LogP contribution in [0.25, 0.3) is 0 Å². The van der Waals surface area contributed by atoms with Crippen molar-refractivity contribution < 1.29 is 12.8 Å². The number of rotatable bonds is 6. The fraction of sp³-hybridized carbons (Fsp3) is 0.545. The molecule has 2 N–H and O–H groups in total. The van der Waals surface area contributed by atoms with Crippen molar-refractivity contribution in [1.29, 1.82) is 0 Å². The molecule has 9 heteroatoms. The van der Waals surface area contributed by atoms with Gasteiger partial charge < -0.3 is 14.6 Å². The van der Waals surface area contributed by atoms with Gasteiger partial charge >= 0.3 is 0 Å². The fourth-order valence-electron chi connectivity index (χ4n) is 1.51. The van der Waals surface area contributed by atoms with Gasteiger partial charge in [-0.2, -0.15) is 0 Å². The number of nitrogens with one attached hydrogen (secondary N) is 2. The van der Waals surface area contributed by atoms with Gasteiger partial charge in [-0.05, 0) is 12.1 Å². The minimum absolute atomic E-state index is 0. The molecule has 0 bridgehead atoms. The minimum atomic E-state index is -3.15. The van der Waals surface area contributed by atoms with Crippen LogP contribution in [0, 0.1) is 0 Å². The van der Waals surface area contributed by atoms with E-state index < -0.39 is 10.0 Å². The number of aliphatic imine (C=N–C) groups is 1. The molecule has 0 aromatic carbocycles. The molecule has 0 unspecified atom stereocenters. The Hall–Kier alpha value is -0.810. The maximum absolute atomic E-state index is 10.9. The van der Waals surface area contributed by atoms with Gasteiger partial charge in [0.25, 0.3) is 0 Å². The highest BCUT2D eigenvalue weighted by atomic mass is 127. The van der Waals surface area contributed by atoms with Gasteiger partial charge in [0, 0.05) is 27.2 Å². The van der Waals surface area contributed by atoms with Crippen LogP contribution in [0.2, 0.25) is 0 Å². The number of hydrogen-bond acceptors (Lipinski definition) is 4. The standard InChI is InChI=1S/C11H20N4O3S.HI/c1-12-11(13-6-7-14-19(3,16)17)15(2)9-10-5-4-8-18-10;/h4-5,8,14H,6-7,9H2,1-3H3,(H,12,13);1H. The first-order valence-electron chi connectivity index (χ1n) is 5.81. The molecule has 0 amide bonds. The number of halogens is 1. The summed E-state index contributed by atoms with van der Waals surface area (Å²) >= 11 is 0. The van der Waals surface area contributed by atoms with E-state index in [4.69, 9.17) is 4.42 Å². The summed E-state index contributed by atoms with van der Waals surface area (Å²) in [5.74, 6) is 1.51. The summed E-state index contributed by atoms with van der Waals surface area (Å²) in [5, 5.41) is 3.06. The summed E-state index contributed by atoms with van der Waals surface area (Å²) in [6.07, 6.45) is 2.75. The van der Waals surface area contributed by atoms with Gasteiger partial charge in [-0.1, -0.05) is 0 Å². The molecule has 0 aliphatic carbocycles. The lowest BCUT2D eigenvalue weighted by atomic mass is 10.4. The summed E-state index contributed by atoms with van der Waals surface area (Å²) in [6.45, 7) is 1.36. The SMILES string of the molecule is CN=C(NCCNS(C)(=O)=O)N(C)Cc1ccco1.I. The third kappa shape index (κ3) is 7.70. The molecule has 0 saturated heterocycles. The van der Waals surface area contributed by atoms with Crippen LogP contribution in [-0.4, -0.2) is 52.7 Å². The minimum Gasteiger partial charge on any atom is -0.467 e. The molecule has 1 aromatic heterocycles. The predicted molar refractivity (Wildman–Crippen MR) is 89.8 cm³/mol. The zero-order chi connectivity index (χ0) is 14.3. The quantitative estimate of drug-likeness (QED) is 0.305. The van der Waals surface area contributed by atoms with Crippen LogP contribution in [0.1, 0.15) is 5.76 Å². The van der Waals surface area contributed by atoms with E-state index in [2.05, 4.69) is 15.0 Å². The third-order valence-electron chi connectivity index (χ3n) is 2.32. The lowest BCUT2D eigenvalue weighted by Crippen LogP contribution is -2.42.